The minimum atomic E-state index is -0.316. The van der Waals surface area contributed by atoms with E-state index in [1.807, 2.05) is 6.07 Å². The Balaban J connectivity index is 1.98. The molecule has 0 spiro atoms. The molecular formula is C20H18FNO2. The van der Waals surface area contributed by atoms with Crippen molar-refractivity contribution in [3.63, 3.8) is 0 Å². The summed E-state index contributed by atoms with van der Waals surface area (Å²) in [4.78, 5) is 12.5. The van der Waals surface area contributed by atoms with Crippen LogP contribution in [0.15, 0.2) is 40.8 Å². The molecule has 1 N–H and O–H groups in total. The lowest BCUT2D eigenvalue weighted by molar-refractivity contribution is 0.0964. The van der Waals surface area contributed by atoms with Gasteiger partial charge in [0.15, 0.2) is 0 Å². The Bertz CT molecular complexity index is 936. The summed E-state index contributed by atoms with van der Waals surface area (Å²) < 4.78 is 19.2. The highest BCUT2D eigenvalue weighted by Crippen LogP contribution is 2.44. The Kier molecular flexibility index (Phi) is 3.41. The lowest BCUT2D eigenvalue weighted by Gasteiger charge is -2.05. The molecule has 1 aliphatic rings. The molecule has 1 heterocycles. The van der Waals surface area contributed by atoms with Gasteiger partial charge >= 0.3 is 0 Å². The van der Waals surface area contributed by atoms with E-state index in [1.54, 1.807) is 19.2 Å². The highest BCUT2D eigenvalue weighted by Gasteiger charge is 2.28. The fourth-order valence-corrected chi connectivity index (χ4v) is 3.25. The van der Waals surface area contributed by atoms with Gasteiger partial charge in [-0.25, -0.2) is 4.39 Å². The topological polar surface area (TPSA) is 42.2 Å². The highest BCUT2D eigenvalue weighted by molar-refractivity contribution is 6.11. The predicted octanol–water partition coefficient (Wildman–Crippen LogP) is 4.78. The maximum atomic E-state index is 13.2. The van der Waals surface area contributed by atoms with Crippen LogP contribution >= 0.6 is 0 Å². The van der Waals surface area contributed by atoms with Crippen LogP contribution in [-0.2, 0) is 0 Å². The summed E-state index contributed by atoms with van der Waals surface area (Å²) in [6.07, 6.45) is 2.40. The van der Waals surface area contributed by atoms with Crippen molar-refractivity contribution in [1.82, 2.24) is 5.32 Å². The number of hydrogen-bond donors (Lipinski definition) is 1. The average Bonchev–Trinajstić information content (AvgIpc) is 3.35. The number of nitrogens with one attached hydrogen (secondary N) is 1. The van der Waals surface area contributed by atoms with E-state index >= 15 is 0 Å². The Morgan fingerprint density at radius 3 is 2.54 bits per heavy atom. The van der Waals surface area contributed by atoms with Crippen molar-refractivity contribution in [2.45, 2.75) is 25.7 Å². The van der Waals surface area contributed by atoms with Crippen LogP contribution in [0, 0.1) is 12.7 Å². The predicted molar refractivity (Wildman–Crippen MR) is 91.7 cm³/mol. The Labute approximate surface area is 139 Å². The monoisotopic (exact) mass is 323 g/mol. The van der Waals surface area contributed by atoms with E-state index in [0.29, 0.717) is 28.4 Å². The van der Waals surface area contributed by atoms with Gasteiger partial charge in [0.2, 0.25) is 0 Å². The maximum absolute atomic E-state index is 13.2. The minimum Gasteiger partial charge on any atom is -0.455 e. The molecule has 1 saturated carbocycles. The molecular weight excluding hydrogens is 305 g/mol. The van der Waals surface area contributed by atoms with Crippen LogP contribution in [0.5, 0.6) is 0 Å². The molecule has 0 saturated heterocycles. The second-order valence-corrected chi connectivity index (χ2v) is 6.37. The smallest absolute Gasteiger partial charge is 0.255 e. The van der Waals surface area contributed by atoms with E-state index in [9.17, 15) is 9.18 Å². The molecule has 3 nitrogen and oxygen atoms in total. The standard InChI is InChI=1S/C20H18FNO2/c1-11-9-17-16(10-15(11)12-3-4-12)18(20(23)22-2)19(24-17)13-5-7-14(21)8-6-13/h5-10,12H,3-4H2,1-2H3,(H,22,23). The quantitative estimate of drug-likeness (QED) is 0.753. The van der Waals surface area contributed by atoms with Crippen LogP contribution in [0.1, 0.15) is 40.2 Å². The number of amides is 1. The molecule has 3 aromatic rings. The second kappa shape index (κ2) is 5.48. The number of carbonyl (C=O) groups is 1. The molecule has 1 aromatic heterocycles. The second-order valence-electron chi connectivity index (χ2n) is 6.37. The number of rotatable bonds is 3. The third-order valence-electron chi connectivity index (χ3n) is 4.65. The lowest BCUT2D eigenvalue weighted by Crippen LogP contribution is -2.18. The number of fused-ring (bicyclic) bond motifs is 1. The van der Waals surface area contributed by atoms with Crippen molar-refractivity contribution in [2.24, 2.45) is 0 Å². The van der Waals surface area contributed by atoms with E-state index < -0.39 is 0 Å². The molecule has 0 radical (unpaired) electrons. The van der Waals surface area contributed by atoms with Gasteiger partial charge < -0.3 is 9.73 Å². The molecule has 4 heteroatoms. The molecule has 1 aliphatic carbocycles. The molecule has 122 valence electrons. The number of aryl methyl sites for hydroxylation is 1. The summed E-state index contributed by atoms with van der Waals surface area (Å²) in [5, 5.41) is 3.51. The Morgan fingerprint density at radius 1 is 1.21 bits per heavy atom. The van der Waals surface area contributed by atoms with Gasteiger partial charge in [-0.05, 0) is 73.2 Å². The zero-order valence-corrected chi connectivity index (χ0v) is 13.7. The van der Waals surface area contributed by atoms with Gasteiger partial charge in [-0.15, -0.1) is 0 Å². The average molecular weight is 323 g/mol. The number of benzene rings is 2. The van der Waals surface area contributed by atoms with E-state index in [1.165, 1.54) is 36.1 Å². The van der Waals surface area contributed by atoms with Crippen LogP contribution in [0.3, 0.4) is 0 Å². The molecule has 1 amide bonds. The van der Waals surface area contributed by atoms with E-state index in [2.05, 4.69) is 18.3 Å². The molecule has 24 heavy (non-hydrogen) atoms. The van der Waals surface area contributed by atoms with Gasteiger partial charge in [0.25, 0.3) is 5.91 Å². The van der Waals surface area contributed by atoms with Crippen molar-refractivity contribution < 1.29 is 13.6 Å². The van der Waals surface area contributed by atoms with Crippen molar-refractivity contribution in [1.29, 1.82) is 0 Å². The van der Waals surface area contributed by atoms with Crippen LogP contribution in [0.25, 0.3) is 22.3 Å². The normalized spacial score (nSPS) is 14.1. The SMILES string of the molecule is CNC(=O)c1c(-c2ccc(F)cc2)oc2cc(C)c(C3CC3)cc12. The first kappa shape index (κ1) is 14.9. The molecule has 0 aliphatic heterocycles. The third kappa shape index (κ3) is 2.39. The minimum absolute atomic E-state index is 0.196. The third-order valence-corrected chi connectivity index (χ3v) is 4.65. The van der Waals surface area contributed by atoms with E-state index in [4.69, 9.17) is 4.42 Å². The fraction of sp³-hybridized carbons (Fsp3) is 0.250. The lowest BCUT2D eigenvalue weighted by atomic mass is 9.98. The first-order valence-corrected chi connectivity index (χ1v) is 8.13. The zero-order valence-electron chi connectivity index (χ0n) is 13.7. The van der Waals surface area contributed by atoms with Crippen molar-refractivity contribution >= 4 is 16.9 Å². The highest BCUT2D eigenvalue weighted by atomic mass is 19.1. The molecule has 2 aromatic carbocycles. The van der Waals surface area contributed by atoms with Gasteiger partial charge in [-0.2, -0.15) is 0 Å². The first-order valence-electron chi connectivity index (χ1n) is 8.13. The number of halogens is 1. The zero-order chi connectivity index (χ0) is 16.8. The van der Waals surface area contributed by atoms with Crippen LogP contribution in [-0.4, -0.2) is 13.0 Å². The Morgan fingerprint density at radius 2 is 1.92 bits per heavy atom. The van der Waals surface area contributed by atoms with E-state index in [-0.39, 0.29) is 11.7 Å². The van der Waals surface area contributed by atoms with E-state index in [0.717, 1.165) is 5.39 Å². The van der Waals surface area contributed by atoms with Crippen molar-refractivity contribution in [3.8, 4) is 11.3 Å². The molecule has 0 unspecified atom stereocenters. The van der Waals surface area contributed by atoms with Gasteiger partial charge in [0.1, 0.15) is 17.2 Å². The van der Waals surface area contributed by atoms with Crippen LogP contribution in [0.4, 0.5) is 4.39 Å². The van der Waals surface area contributed by atoms with Gasteiger partial charge in [0.05, 0.1) is 5.56 Å². The maximum Gasteiger partial charge on any atom is 0.255 e. The summed E-state index contributed by atoms with van der Waals surface area (Å²) in [5.41, 5.74) is 4.37. The first-order chi connectivity index (χ1) is 11.6. The van der Waals surface area contributed by atoms with Gasteiger partial charge in [-0.3, -0.25) is 4.79 Å². The van der Waals surface area contributed by atoms with Crippen molar-refractivity contribution in [2.75, 3.05) is 7.05 Å². The van der Waals surface area contributed by atoms with Crippen LogP contribution < -0.4 is 5.32 Å². The van der Waals surface area contributed by atoms with Gasteiger partial charge in [0, 0.05) is 18.0 Å². The molecule has 1 fully saturated rings. The molecule has 4 rings (SSSR count). The number of carbonyl (C=O) groups excluding carboxylic acids is 1. The summed E-state index contributed by atoms with van der Waals surface area (Å²) >= 11 is 0. The Hall–Kier alpha value is -2.62. The van der Waals surface area contributed by atoms with Crippen LogP contribution in [0.2, 0.25) is 0 Å². The molecule has 0 bridgehead atoms. The summed E-state index contributed by atoms with van der Waals surface area (Å²) in [6, 6.07) is 10.1. The summed E-state index contributed by atoms with van der Waals surface area (Å²) in [5.74, 6) is 0.565. The largest absolute Gasteiger partial charge is 0.455 e. The van der Waals surface area contributed by atoms with Gasteiger partial charge in [-0.1, -0.05) is 0 Å². The number of hydrogen-bond acceptors (Lipinski definition) is 2. The number of furan rings is 1. The van der Waals surface area contributed by atoms with Crippen molar-refractivity contribution in [3.05, 3.63) is 58.9 Å². The summed E-state index contributed by atoms with van der Waals surface area (Å²) in [6.45, 7) is 2.08. The summed E-state index contributed by atoms with van der Waals surface area (Å²) in [7, 11) is 1.60. The fourth-order valence-electron chi connectivity index (χ4n) is 3.25. The molecule has 0 atom stereocenters.